The number of likely N-dealkylation sites (tertiary alicyclic amines) is 1. The number of urea groups is 1. The van der Waals surface area contributed by atoms with Crippen LogP contribution in [0.25, 0.3) is 0 Å². The summed E-state index contributed by atoms with van der Waals surface area (Å²) in [4.78, 5) is 32.4. The first kappa shape index (κ1) is 17.0. The molecule has 3 rings (SSSR count). The molecule has 1 aromatic heterocycles. The van der Waals surface area contributed by atoms with Crippen LogP contribution in [0.3, 0.4) is 0 Å². The van der Waals surface area contributed by atoms with Crippen molar-refractivity contribution >= 4 is 17.6 Å². The van der Waals surface area contributed by atoms with Crippen molar-refractivity contribution in [2.75, 3.05) is 25.5 Å². The molecule has 1 saturated heterocycles. The fraction of sp³-hybridized carbons (Fsp3) is 0.316. The van der Waals surface area contributed by atoms with E-state index in [-0.39, 0.29) is 18.0 Å². The van der Waals surface area contributed by atoms with Gasteiger partial charge in [-0.05, 0) is 37.1 Å². The summed E-state index contributed by atoms with van der Waals surface area (Å²) in [6, 6.07) is 12.9. The number of rotatable bonds is 3. The monoisotopic (exact) mass is 338 g/mol. The summed E-state index contributed by atoms with van der Waals surface area (Å²) in [5.74, 6) is 0.0570. The summed E-state index contributed by atoms with van der Waals surface area (Å²) < 4.78 is 0. The van der Waals surface area contributed by atoms with Crippen molar-refractivity contribution in [1.82, 2.24) is 14.8 Å². The lowest BCUT2D eigenvalue weighted by molar-refractivity contribution is 0.0671. The standard InChI is InChI=1S/C19H22N4O2/c1-22(19(25)21-16-8-5-11-20-14-16)17-9-12-23(13-10-17)18(24)15-6-3-2-4-7-15/h2-8,11,14,17H,9-10,12-13H2,1H3,(H,21,25). The van der Waals surface area contributed by atoms with Gasteiger partial charge in [-0.15, -0.1) is 0 Å². The van der Waals surface area contributed by atoms with Crippen LogP contribution in [0.5, 0.6) is 0 Å². The van der Waals surface area contributed by atoms with E-state index in [2.05, 4.69) is 10.3 Å². The molecule has 3 amide bonds. The van der Waals surface area contributed by atoms with Gasteiger partial charge < -0.3 is 15.1 Å². The van der Waals surface area contributed by atoms with E-state index in [4.69, 9.17) is 0 Å². The molecule has 6 heteroatoms. The SMILES string of the molecule is CN(C(=O)Nc1cccnc1)C1CCN(C(=O)c2ccccc2)CC1. The van der Waals surface area contributed by atoms with Gasteiger partial charge in [-0.2, -0.15) is 0 Å². The summed E-state index contributed by atoms with van der Waals surface area (Å²) in [6.07, 6.45) is 4.83. The van der Waals surface area contributed by atoms with Gasteiger partial charge in [0.2, 0.25) is 0 Å². The molecule has 25 heavy (non-hydrogen) atoms. The van der Waals surface area contributed by atoms with Crippen molar-refractivity contribution in [3.05, 3.63) is 60.4 Å². The van der Waals surface area contributed by atoms with Gasteiger partial charge in [0.25, 0.3) is 5.91 Å². The smallest absolute Gasteiger partial charge is 0.321 e. The first-order valence-corrected chi connectivity index (χ1v) is 8.43. The molecule has 0 saturated carbocycles. The zero-order valence-electron chi connectivity index (χ0n) is 14.3. The third-order valence-corrected chi connectivity index (χ3v) is 4.55. The maximum absolute atomic E-state index is 12.5. The normalized spacial score (nSPS) is 14.8. The predicted molar refractivity (Wildman–Crippen MR) is 96.4 cm³/mol. The Labute approximate surface area is 147 Å². The number of hydrogen-bond donors (Lipinski definition) is 1. The third-order valence-electron chi connectivity index (χ3n) is 4.55. The van der Waals surface area contributed by atoms with Crippen LogP contribution in [0.1, 0.15) is 23.2 Å². The van der Waals surface area contributed by atoms with E-state index in [0.717, 1.165) is 12.8 Å². The minimum absolute atomic E-state index is 0.0570. The molecule has 0 spiro atoms. The molecule has 1 aromatic carbocycles. The fourth-order valence-corrected chi connectivity index (χ4v) is 3.03. The van der Waals surface area contributed by atoms with Crippen molar-refractivity contribution < 1.29 is 9.59 Å². The molecular formula is C19H22N4O2. The Hall–Kier alpha value is -2.89. The highest BCUT2D eigenvalue weighted by Gasteiger charge is 2.28. The quantitative estimate of drug-likeness (QED) is 0.936. The van der Waals surface area contributed by atoms with Crippen LogP contribution in [-0.2, 0) is 0 Å². The Kier molecular flexibility index (Phi) is 5.28. The summed E-state index contributed by atoms with van der Waals surface area (Å²) >= 11 is 0. The summed E-state index contributed by atoms with van der Waals surface area (Å²) in [5, 5.41) is 2.84. The molecule has 0 unspecified atom stereocenters. The highest BCUT2D eigenvalue weighted by molar-refractivity contribution is 5.94. The highest BCUT2D eigenvalue weighted by atomic mass is 16.2. The zero-order valence-corrected chi connectivity index (χ0v) is 14.3. The Morgan fingerprint density at radius 3 is 2.48 bits per heavy atom. The Morgan fingerprint density at radius 1 is 1.12 bits per heavy atom. The lowest BCUT2D eigenvalue weighted by atomic mass is 10.0. The minimum Gasteiger partial charge on any atom is -0.338 e. The molecule has 0 bridgehead atoms. The average molecular weight is 338 g/mol. The molecule has 1 aliphatic rings. The third kappa shape index (κ3) is 4.15. The number of amides is 3. The largest absolute Gasteiger partial charge is 0.338 e. The molecule has 1 aliphatic heterocycles. The van der Waals surface area contributed by atoms with E-state index in [0.29, 0.717) is 24.3 Å². The van der Waals surface area contributed by atoms with Crippen LogP contribution in [0.2, 0.25) is 0 Å². The molecular weight excluding hydrogens is 316 g/mol. The molecule has 2 aromatic rings. The van der Waals surface area contributed by atoms with Crippen molar-refractivity contribution in [2.45, 2.75) is 18.9 Å². The maximum Gasteiger partial charge on any atom is 0.321 e. The van der Waals surface area contributed by atoms with E-state index in [1.54, 1.807) is 36.5 Å². The van der Waals surface area contributed by atoms with Gasteiger partial charge in [0.1, 0.15) is 0 Å². The first-order valence-electron chi connectivity index (χ1n) is 8.43. The molecule has 1 N–H and O–H groups in total. The van der Waals surface area contributed by atoms with Crippen LogP contribution in [-0.4, -0.2) is 52.9 Å². The number of aromatic nitrogens is 1. The van der Waals surface area contributed by atoms with Crippen LogP contribution in [0.15, 0.2) is 54.9 Å². The number of benzene rings is 1. The number of nitrogens with zero attached hydrogens (tertiary/aromatic N) is 3. The van der Waals surface area contributed by atoms with E-state index in [1.165, 1.54) is 0 Å². The van der Waals surface area contributed by atoms with E-state index in [1.807, 2.05) is 35.2 Å². The van der Waals surface area contributed by atoms with Crippen molar-refractivity contribution in [1.29, 1.82) is 0 Å². The van der Waals surface area contributed by atoms with Gasteiger partial charge >= 0.3 is 6.03 Å². The lowest BCUT2D eigenvalue weighted by Gasteiger charge is -2.36. The summed E-state index contributed by atoms with van der Waals surface area (Å²) in [7, 11) is 1.80. The maximum atomic E-state index is 12.5. The second-order valence-electron chi connectivity index (χ2n) is 6.17. The summed E-state index contributed by atoms with van der Waals surface area (Å²) in [6.45, 7) is 1.31. The number of hydrogen-bond acceptors (Lipinski definition) is 3. The number of piperidine rings is 1. The van der Waals surface area contributed by atoms with Gasteiger partial charge in [0.05, 0.1) is 11.9 Å². The molecule has 0 aliphatic carbocycles. The number of nitrogens with one attached hydrogen (secondary N) is 1. The number of pyridine rings is 1. The van der Waals surface area contributed by atoms with Gasteiger partial charge in [0, 0.05) is 37.9 Å². The van der Waals surface area contributed by atoms with Crippen LogP contribution < -0.4 is 5.32 Å². The van der Waals surface area contributed by atoms with Crippen molar-refractivity contribution in [3.63, 3.8) is 0 Å². The van der Waals surface area contributed by atoms with E-state index < -0.39 is 0 Å². The second kappa shape index (κ2) is 7.79. The molecule has 130 valence electrons. The number of carbonyl (C=O) groups is 2. The topological polar surface area (TPSA) is 65.5 Å². The van der Waals surface area contributed by atoms with Crippen LogP contribution in [0.4, 0.5) is 10.5 Å². The Morgan fingerprint density at radius 2 is 1.84 bits per heavy atom. The molecule has 6 nitrogen and oxygen atoms in total. The van der Waals surface area contributed by atoms with Gasteiger partial charge in [-0.25, -0.2) is 4.79 Å². The number of carbonyl (C=O) groups excluding carboxylic acids is 2. The zero-order chi connectivity index (χ0) is 17.6. The number of anilines is 1. The lowest BCUT2D eigenvalue weighted by Crippen LogP contribution is -2.48. The van der Waals surface area contributed by atoms with E-state index >= 15 is 0 Å². The second-order valence-corrected chi connectivity index (χ2v) is 6.17. The van der Waals surface area contributed by atoms with Gasteiger partial charge in [-0.3, -0.25) is 9.78 Å². The van der Waals surface area contributed by atoms with Crippen molar-refractivity contribution in [2.24, 2.45) is 0 Å². The first-order chi connectivity index (χ1) is 12.1. The summed E-state index contributed by atoms with van der Waals surface area (Å²) in [5.41, 5.74) is 1.39. The minimum atomic E-state index is -0.152. The van der Waals surface area contributed by atoms with Crippen molar-refractivity contribution in [3.8, 4) is 0 Å². The molecule has 2 heterocycles. The molecule has 0 atom stereocenters. The highest BCUT2D eigenvalue weighted by Crippen LogP contribution is 2.18. The van der Waals surface area contributed by atoms with Crippen LogP contribution >= 0.6 is 0 Å². The van der Waals surface area contributed by atoms with Gasteiger partial charge in [-0.1, -0.05) is 18.2 Å². The molecule has 1 fully saturated rings. The van der Waals surface area contributed by atoms with Crippen LogP contribution in [0, 0.1) is 0 Å². The van der Waals surface area contributed by atoms with Gasteiger partial charge in [0.15, 0.2) is 0 Å². The Balaban J connectivity index is 1.53. The average Bonchev–Trinajstić information content (AvgIpc) is 2.68. The predicted octanol–water partition coefficient (Wildman–Crippen LogP) is 2.85. The molecule has 0 radical (unpaired) electrons. The Bertz CT molecular complexity index is 713. The van der Waals surface area contributed by atoms with E-state index in [9.17, 15) is 9.59 Å². The fourth-order valence-electron chi connectivity index (χ4n) is 3.03.